The van der Waals surface area contributed by atoms with Gasteiger partial charge in [0, 0.05) is 19.6 Å². The number of ether oxygens (including phenoxy) is 2. The molecule has 6 heteroatoms. The second-order valence-corrected chi connectivity index (χ2v) is 5.19. The second kappa shape index (κ2) is 7.28. The Morgan fingerprint density at radius 2 is 2.10 bits per heavy atom. The Balaban J connectivity index is 1.80. The lowest BCUT2D eigenvalue weighted by molar-refractivity contribution is -0.145. The minimum absolute atomic E-state index is 0.0293. The van der Waals surface area contributed by atoms with Crippen LogP contribution in [0, 0.1) is 0 Å². The van der Waals surface area contributed by atoms with E-state index in [1.54, 1.807) is 12.1 Å². The molecule has 1 heterocycles. The van der Waals surface area contributed by atoms with Crippen LogP contribution >= 0.6 is 0 Å². The Bertz CT molecular complexity index is 483. The van der Waals surface area contributed by atoms with Gasteiger partial charge in [-0.1, -0.05) is 6.07 Å². The van der Waals surface area contributed by atoms with Gasteiger partial charge in [0.05, 0.1) is 13.2 Å². The van der Waals surface area contributed by atoms with Crippen molar-refractivity contribution in [2.45, 2.75) is 25.5 Å². The summed E-state index contributed by atoms with van der Waals surface area (Å²) in [7, 11) is 1.52. The molecule has 0 amide bonds. The van der Waals surface area contributed by atoms with Crippen molar-refractivity contribution < 1.29 is 24.5 Å². The number of phenolic OH excluding ortho intramolecular Hbond substituents is 1. The molecule has 1 fully saturated rings. The van der Waals surface area contributed by atoms with Crippen molar-refractivity contribution >= 4 is 5.97 Å². The summed E-state index contributed by atoms with van der Waals surface area (Å²) in [6.07, 6.45) is 1.69. The number of benzene rings is 1. The third kappa shape index (κ3) is 4.61. The van der Waals surface area contributed by atoms with Gasteiger partial charge >= 0.3 is 5.97 Å². The van der Waals surface area contributed by atoms with Crippen LogP contribution in [0.2, 0.25) is 0 Å². The third-order valence-corrected chi connectivity index (χ3v) is 3.63. The highest BCUT2D eigenvalue weighted by Crippen LogP contribution is 2.27. The van der Waals surface area contributed by atoms with E-state index in [0.717, 1.165) is 38.0 Å². The topological polar surface area (TPSA) is 79.2 Å². The van der Waals surface area contributed by atoms with E-state index in [-0.39, 0.29) is 18.5 Å². The molecule has 21 heavy (non-hydrogen) atoms. The molecule has 0 bridgehead atoms. The van der Waals surface area contributed by atoms with E-state index in [9.17, 15) is 9.90 Å². The molecule has 2 rings (SSSR count). The minimum atomic E-state index is -0.925. The van der Waals surface area contributed by atoms with E-state index in [0.29, 0.717) is 5.75 Å². The van der Waals surface area contributed by atoms with Crippen LogP contribution in [0.3, 0.4) is 0 Å². The summed E-state index contributed by atoms with van der Waals surface area (Å²) in [6, 6.07) is 5.41. The summed E-state index contributed by atoms with van der Waals surface area (Å²) in [6.45, 7) is 2.24. The number of hydrogen-bond donors (Lipinski definition) is 2. The van der Waals surface area contributed by atoms with E-state index >= 15 is 0 Å². The molecule has 1 aliphatic rings. The monoisotopic (exact) mass is 295 g/mol. The van der Waals surface area contributed by atoms with Crippen molar-refractivity contribution in [3.8, 4) is 11.5 Å². The number of nitrogens with zero attached hydrogens (tertiary/aromatic N) is 1. The molecule has 0 radical (unpaired) electrons. The largest absolute Gasteiger partial charge is 0.504 e. The van der Waals surface area contributed by atoms with Gasteiger partial charge in [0.2, 0.25) is 0 Å². The number of aliphatic carboxylic acids is 1. The van der Waals surface area contributed by atoms with Crippen LogP contribution in [0.25, 0.3) is 0 Å². The number of phenols is 1. The fraction of sp³-hybridized carbons (Fsp3) is 0.533. The fourth-order valence-electron chi connectivity index (χ4n) is 2.52. The molecule has 1 aromatic carbocycles. The smallest absolute Gasteiger partial charge is 0.329 e. The van der Waals surface area contributed by atoms with Gasteiger partial charge in [-0.2, -0.15) is 0 Å². The van der Waals surface area contributed by atoms with Crippen molar-refractivity contribution in [1.29, 1.82) is 0 Å². The van der Waals surface area contributed by atoms with Gasteiger partial charge in [-0.15, -0.1) is 0 Å². The van der Waals surface area contributed by atoms with Crippen LogP contribution in [-0.2, 0) is 16.1 Å². The van der Waals surface area contributed by atoms with Gasteiger partial charge < -0.3 is 19.7 Å². The highest BCUT2D eigenvalue weighted by Gasteiger charge is 2.20. The summed E-state index contributed by atoms with van der Waals surface area (Å²) < 4.78 is 10.3. The second-order valence-electron chi connectivity index (χ2n) is 5.19. The fourth-order valence-corrected chi connectivity index (χ4v) is 2.52. The van der Waals surface area contributed by atoms with Crippen LogP contribution in [0.4, 0.5) is 0 Å². The highest BCUT2D eigenvalue weighted by atomic mass is 16.5. The number of carbonyl (C=O) groups is 1. The lowest BCUT2D eigenvalue weighted by Crippen LogP contribution is -2.37. The predicted molar refractivity (Wildman–Crippen MR) is 76.5 cm³/mol. The number of aromatic hydroxyl groups is 1. The molecule has 0 aliphatic carbocycles. The Morgan fingerprint density at radius 1 is 1.38 bits per heavy atom. The summed E-state index contributed by atoms with van der Waals surface area (Å²) in [5.74, 6) is -0.305. The zero-order valence-electron chi connectivity index (χ0n) is 12.1. The molecule has 1 saturated heterocycles. The molecule has 6 nitrogen and oxygen atoms in total. The number of rotatable bonds is 6. The third-order valence-electron chi connectivity index (χ3n) is 3.63. The number of piperidine rings is 1. The van der Waals surface area contributed by atoms with E-state index in [1.165, 1.54) is 7.11 Å². The van der Waals surface area contributed by atoms with Crippen LogP contribution in [0.5, 0.6) is 11.5 Å². The van der Waals surface area contributed by atoms with Crippen LogP contribution in [0.15, 0.2) is 18.2 Å². The van der Waals surface area contributed by atoms with Crippen molar-refractivity contribution in [3.05, 3.63) is 23.8 Å². The number of hydrogen-bond acceptors (Lipinski definition) is 5. The number of carboxylic acids is 1. The van der Waals surface area contributed by atoms with Crippen LogP contribution in [-0.4, -0.2) is 54.0 Å². The molecule has 1 aromatic rings. The zero-order chi connectivity index (χ0) is 15.2. The van der Waals surface area contributed by atoms with Gasteiger partial charge in [-0.05, 0) is 30.5 Å². The Kier molecular flexibility index (Phi) is 5.41. The Morgan fingerprint density at radius 3 is 2.67 bits per heavy atom. The molecular formula is C15H21NO5. The Hall–Kier alpha value is -1.79. The lowest BCUT2D eigenvalue weighted by Gasteiger charge is -2.31. The van der Waals surface area contributed by atoms with Gasteiger partial charge in [0.15, 0.2) is 11.5 Å². The molecular weight excluding hydrogens is 274 g/mol. The minimum Gasteiger partial charge on any atom is -0.504 e. The first-order valence-corrected chi connectivity index (χ1v) is 7.00. The molecule has 1 aliphatic heterocycles. The standard InChI is InChI=1S/C15H21NO5/c1-20-14-3-2-11(8-13(14)17)9-16-6-4-12(5-7-16)21-10-15(18)19/h2-3,8,12,17H,4-7,9-10H2,1H3,(H,18,19). The lowest BCUT2D eigenvalue weighted by atomic mass is 10.1. The van der Waals surface area contributed by atoms with E-state index in [4.69, 9.17) is 14.6 Å². The molecule has 0 saturated carbocycles. The first kappa shape index (κ1) is 15.6. The number of likely N-dealkylation sites (tertiary alicyclic amines) is 1. The number of methoxy groups -OCH3 is 1. The average Bonchev–Trinajstić information content (AvgIpc) is 2.47. The van der Waals surface area contributed by atoms with Crippen LogP contribution < -0.4 is 4.74 Å². The average molecular weight is 295 g/mol. The summed E-state index contributed by atoms with van der Waals surface area (Å²) >= 11 is 0. The zero-order valence-corrected chi connectivity index (χ0v) is 12.1. The summed E-state index contributed by atoms with van der Waals surface area (Å²) in [5, 5.41) is 18.4. The van der Waals surface area contributed by atoms with E-state index < -0.39 is 5.97 Å². The van der Waals surface area contributed by atoms with Gasteiger partial charge in [0.25, 0.3) is 0 Å². The first-order valence-electron chi connectivity index (χ1n) is 7.00. The van der Waals surface area contributed by atoms with Crippen molar-refractivity contribution in [2.75, 3.05) is 26.8 Å². The normalized spacial score (nSPS) is 16.8. The van der Waals surface area contributed by atoms with Crippen molar-refractivity contribution in [3.63, 3.8) is 0 Å². The molecule has 0 atom stereocenters. The van der Waals surface area contributed by atoms with Gasteiger partial charge in [0.1, 0.15) is 6.61 Å². The predicted octanol–water partition coefficient (Wildman–Crippen LogP) is 1.47. The SMILES string of the molecule is COc1ccc(CN2CCC(OCC(=O)O)CC2)cc1O. The molecule has 116 valence electrons. The number of carboxylic acid groups (broad SMARTS) is 1. The quantitative estimate of drug-likeness (QED) is 0.827. The van der Waals surface area contributed by atoms with E-state index in [1.807, 2.05) is 6.07 Å². The maximum Gasteiger partial charge on any atom is 0.329 e. The molecule has 2 N–H and O–H groups in total. The first-order chi connectivity index (χ1) is 10.1. The van der Waals surface area contributed by atoms with E-state index in [2.05, 4.69) is 4.90 Å². The van der Waals surface area contributed by atoms with Crippen molar-refractivity contribution in [2.24, 2.45) is 0 Å². The molecule has 0 aromatic heterocycles. The maximum atomic E-state index is 10.5. The Labute approximate surface area is 123 Å². The van der Waals surface area contributed by atoms with Gasteiger partial charge in [-0.25, -0.2) is 4.79 Å². The van der Waals surface area contributed by atoms with Gasteiger partial charge in [-0.3, -0.25) is 4.90 Å². The summed E-state index contributed by atoms with van der Waals surface area (Å²) in [4.78, 5) is 12.7. The summed E-state index contributed by atoms with van der Waals surface area (Å²) in [5.41, 5.74) is 1.03. The highest BCUT2D eigenvalue weighted by molar-refractivity contribution is 5.68. The maximum absolute atomic E-state index is 10.5. The molecule has 0 unspecified atom stereocenters. The van der Waals surface area contributed by atoms with Crippen molar-refractivity contribution in [1.82, 2.24) is 4.90 Å². The molecule has 0 spiro atoms. The van der Waals surface area contributed by atoms with Crippen LogP contribution in [0.1, 0.15) is 18.4 Å².